The summed E-state index contributed by atoms with van der Waals surface area (Å²) in [5, 5.41) is 3.10. The number of benzene rings is 1. The first kappa shape index (κ1) is 19.7. The van der Waals surface area contributed by atoms with E-state index in [0.29, 0.717) is 35.6 Å². The van der Waals surface area contributed by atoms with Crippen LogP contribution in [0.3, 0.4) is 0 Å². The molecule has 1 atom stereocenters. The number of imidazole rings is 1. The Hall–Kier alpha value is -3.20. The lowest BCUT2D eigenvalue weighted by Crippen LogP contribution is -2.47. The highest BCUT2D eigenvalue weighted by atomic mass is 19.1. The summed E-state index contributed by atoms with van der Waals surface area (Å²) in [5.74, 6) is 1.94. The molecule has 1 saturated heterocycles. The lowest BCUT2D eigenvalue weighted by molar-refractivity contribution is 0.0493. The van der Waals surface area contributed by atoms with E-state index in [-0.39, 0.29) is 11.9 Å². The summed E-state index contributed by atoms with van der Waals surface area (Å²) in [6.07, 6.45) is 7.08. The van der Waals surface area contributed by atoms with E-state index in [1.54, 1.807) is 35.4 Å². The first-order valence-electron chi connectivity index (χ1n) is 10.5. The molecule has 2 aliphatic heterocycles. The van der Waals surface area contributed by atoms with Gasteiger partial charge in [-0.05, 0) is 43.9 Å². The molecular weight excluding hydrogens is 399 g/mol. The number of aryl methyl sites for hydroxylation is 1. The highest BCUT2D eigenvalue weighted by Crippen LogP contribution is 2.35. The van der Waals surface area contributed by atoms with Gasteiger partial charge < -0.3 is 24.3 Å². The Morgan fingerprint density at radius 1 is 1.19 bits per heavy atom. The van der Waals surface area contributed by atoms with Gasteiger partial charge in [0.2, 0.25) is 5.95 Å². The molecule has 0 bridgehead atoms. The van der Waals surface area contributed by atoms with Crippen LogP contribution in [0.2, 0.25) is 0 Å². The fourth-order valence-electron chi connectivity index (χ4n) is 4.25. The molecule has 0 spiro atoms. The van der Waals surface area contributed by atoms with E-state index in [1.165, 1.54) is 6.07 Å². The van der Waals surface area contributed by atoms with Gasteiger partial charge in [0.25, 0.3) is 0 Å². The Morgan fingerprint density at radius 3 is 2.77 bits per heavy atom. The van der Waals surface area contributed by atoms with E-state index in [9.17, 15) is 4.39 Å². The molecule has 0 aliphatic carbocycles. The van der Waals surface area contributed by atoms with Crippen molar-refractivity contribution in [3.05, 3.63) is 48.4 Å². The first-order chi connectivity index (χ1) is 15.1. The van der Waals surface area contributed by atoms with E-state index in [0.717, 1.165) is 37.6 Å². The fraction of sp³-hybridized carbons (Fsp3) is 0.409. The molecule has 4 heterocycles. The van der Waals surface area contributed by atoms with E-state index in [2.05, 4.69) is 25.2 Å². The largest absolute Gasteiger partial charge is 0.486 e. The van der Waals surface area contributed by atoms with E-state index < -0.39 is 0 Å². The molecule has 8 nitrogen and oxygen atoms in total. The van der Waals surface area contributed by atoms with Crippen molar-refractivity contribution in [2.75, 3.05) is 37.1 Å². The Bertz CT molecular complexity index is 1080. The zero-order chi connectivity index (χ0) is 21.4. The van der Waals surface area contributed by atoms with E-state index in [1.807, 2.05) is 14.0 Å². The molecule has 1 unspecified atom stereocenters. The Kier molecular flexibility index (Phi) is 5.19. The maximum Gasteiger partial charge on any atom is 0.229 e. The molecule has 9 heteroatoms. The van der Waals surface area contributed by atoms with Crippen molar-refractivity contribution in [3.8, 4) is 11.4 Å². The van der Waals surface area contributed by atoms with Gasteiger partial charge in [-0.25, -0.2) is 14.4 Å². The predicted molar refractivity (Wildman–Crippen MR) is 115 cm³/mol. The third kappa shape index (κ3) is 3.93. The van der Waals surface area contributed by atoms with Gasteiger partial charge in [-0.15, -0.1) is 0 Å². The van der Waals surface area contributed by atoms with Gasteiger partial charge in [-0.1, -0.05) is 0 Å². The summed E-state index contributed by atoms with van der Waals surface area (Å²) in [7, 11) is 2.04. The highest BCUT2D eigenvalue weighted by molar-refractivity contribution is 5.61. The monoisotopic (exact) mass is 424 g/mol. The molecule has 0 saturated carbocycles. The molecule has 1 fully saturated rings. The van der Waals surface area contributed by atoms with Crippen molar-refractivity contribution < 1.29 is 13.9 Å². The van der Waals surface area contributed by atoms with Gasteiger partial charge in [0.1, 0.15) is 12.4 Å². The molecule has 162 valence electrons. The van der Waals surface area contributed by atoms with Crippen molar-refractivity contribution in [2.24, 2.45) is 5.92 Å². The first-order valence-corrected chi connectivity index (χ1v) is 10.5. The topological polar surface area (TPSA) is 77.3 Å². The molecule has 1 N–H and O–H groups in total. The molecule has 0 radical (unpaired) electrons. The lowest BCUT2D eigenvalue weighted by Gasteiger charge is -2.40. The van der Waals surface area contributed by atoms with Crippen molar-refractivity contribution in [3.63, 3.8) is 0 Å². The summed E-state index contributed by atoms with van der Waals surface area (Å²) < 4.78 is 27.8. The highest BCUT2D eigenvalue weighted by Gasteiger charge is 2.33. The Balaban J connectivity index is 1.35. The van der Waals surface area contributed by atoms with Crippen LogP contribution in [0.5, 0.6) is 5.75 Å². The third-order valence-corrected chi connectivity index (χ3v) is 5.98. The van der Waals surface area contributed by atoms with Crippen LogP contribution in [0.4, 0.5) is 21.8 Å². The minimum absolute atomic E-state index is 0.245. The molecule has 31 heavy (non-hydrogen) atoms. The molecule has 5 rings (SSSR count). The minimum atomic E-state index is -0.361. The van der Waals surface area contributed by atoms with Gasteiger partial charge in [0.05, 0.1) is 29.9 Å². The van der Waals surface area contributed by atoms with Crippen molar-refractivity contribution in [1.29, 1.82) is 0 Å². The third-order valence-electron chi connectivity index (χ3n) is 5.98. The lowest BCUT2D eigenvalue weighted by atomic mass is 9.90. The number of nitrogens with one attached hydrogen (secondary N) is 1. The van der Waals surface area contributed by atoms with Gasteiger partial charge in [0.15, 0.2) is 11.6 Å². The second-order valence-corrected chi connectivity index (χ2v) is 8.03. The van der Waals surface area contributed by atoms with Gasteiger partial charge in [0, 0.05) is 32.1 Å². The van der Waals surface area contributed by atoms with Crippen LogP contribution in [0, 0.1) is 18.7 Å². The minimum Gasteiger partial charge on any atom is -0.486 e. The Morgan fingerprint density at radius 2 is 2.03 bits per heavy atom. The van der Waals surface area contributed by atoms with Crippen LogP contribution < -0.4 is 15.0 Å². The zero-order valence-corrected chi connectivity index (χ0v) is 17.6. The molecule has 0 amide bonds. The van der Waals surface area contributed by atoms with E-state index in [4.69, 9.17) is 9.47 Å². The van der Waals surface area contributed by atoms with Gasteiger partial charge >= 0.3 is 0 Å². The van der Waals surface area contributed by atoms with Crippen LogP contribution >= 0.6 is 0 Å². The van der Waals surface area contributed by atoms with Crippen LogP contribution in [0.15, 0.2) is 36.9 Å². The maximum atomic E-state index is 14.7. The van der Waals surface area contributed by atoms with Gasteiger partial charge in [-0.2, -0.15) is 4.98 Å². The molecule has 2 aromatic heterocycles. The van der Waals surface area contributed by atoms with E-state index >= 15 is 0 Å². The maximum absolute atomic E-state index is 14.7. The van der Waals surface area contributed by atoms with Crippen molar-refractivity contribution in [2.45, 2.75) is 25.8 Å². The summed E-state index contributed by atoms with van der Waals surface area (Å²) in [5.41, 5.74) is 1.83. The average Bonchev–Trinajstić information content (AvgIpc) is 3.21. The standard InChI is InChI=1S/C22H25FN6O2/c1-14-11-29(13-25-14)18-4-3-16(9-17(18)23)26-22-24-10-20-21(27-22)28(2)19(12-31-20)15-5-7-30-8-6-15/h3-4,9-11,13,15,19H,5-8,12H2,1-2H3,(H,24,26,27). The summed E-state index contributed by atoms with van der Waals surface area (Å²) in [4.78, 5) is 15.3. The number of anilines is 3. The van der Waals surface area contributed by atoms with Crippen LogP contribution in [0.25, 0.3) is 5.69 Å². The normalized spacial score (nSPS) is 19.1. The molecule has 2 aliphatic rings. The predicted octanol–water partition coefficient (Wildman–Crippen LogP) is 3.48. The quantitative estimate of drug-likeness (QED) is 0.687. The summed E-state index contributed by atoms with van der Waals surface area (Å²) in [6.45, 7) is 4.06. The number of likely N-dealkylation sites (N-methyl/N-ethyl adjacent to an activating group) is 1. The second-order valence-electron chi connectivity index (χ2n) is 8.03. The number of hydrogen-bond donors (Lipinski definition) is 1. The fourth-order valence-corrected chi connectivity index (χ4v) is 4.25. The number of halogens is 1. The Labute approximate surface area is 180 Å². The van der Waals surface area contributed by atoms with Crippen LogP contribution in [-0.2, 0) is 4.74 Å². The number of hydrogen-bond acceptors (Lipinski definition) is 7. The van der Waals surface area contributed by atoms with Crippen molar-refractivity contribution >= 4 is 17.5 Å². The number of fused-ring (bicyclic) bond motifs is 1. The molecular formula is C22H25FN6O2. The smallest absolute Gasteiger partial charge is 0.229 e. The van der Waals surface area contributed by atoms with Gasteiger partial charge in [-0.3, -0.25) is 0 Å². The van der Waals surface area contributed by atoms with Crippen molar-refractivity contribution in [1.82, 2.24) is 19.5 Å². The van der Waals surface area contributed by atoms with Crippen LogP contribution in [0.1, 0.15) is 18.5 Å². The molecule has 1 aromatic carbocycles. The number of nitrogens with zero attached hydrogens (tertiary/aromatic N) is 5. The summed E-state index contributed by atoms with van der Waals surface area (Å²) in [6, 6.07) is 5.17. The second kappa shape index (κ2) is 8.14. The summed E-state index contributed by atoms with van der Waals surface area (Å²) >= 11 is 0. The average molecular weight is 424 g/mol. The number of aromatic nitrogens is 4. The number of rotatable bonds is 4. The molecule has 3 aromatic rings. The SMILES string of the molecule is Cc1cn(-c2ccc(Nc3ncc4c(n3)N(C)C(C3CCOCC3)CO4)cc2F)cn1. The zero-order valence-electron chi connectivity index (χ0n) is 17.6. The number of ether oxygens (including phenoxy) is 2. The van der Waals surface area contributed by atoms with Crippen LogP contribution in [-0.4, -0.2) is 52.4 Å².